The van der Waals surface area contributed by atoms with Crippen molar-refractivity contribution >= 4 is 55.2 Å². The summed E-state index contributed by atoms with van der Waals surface area (Å²) >= 11 is 8.24. The number of hydrogen-bond donors (Lipinski definition) is 0. The molecule has 0 amide bonds. The van der Waals surface area contributed by atoms with Crippen LogP contribution in [-0.4, -0.2) is 38.0 Å². The molecule has 194 valence electrons. The van der Waals surface area contributed by atoms with Crippen LogP contribution < -0.4 is 29.1 Å². The Bertz CT molecular complexity index is 1540. The van der Waals surface area contributed by atoms with Gasteiger partial charge in [0.25, 0.3) is 5.56 Å². The number of carbonyl (C=O) groups excluding carboxylic acids is 1. The van der Waals surface area contributed by atoms with Crippen molar-refractivity contribution in [3.8, 4) is 17.2 Å². The quantitative estimate of drug-likeness (QED) is 0.337. The number of rotatable bonds is 8. The van der Waals surface area contributed by atoms with Crippen LogP contribution in [0.5, 0.6) is 17.2 Å². The van der Waals surface area contributed by atoms with E-state index >= 15 is 0 Å². The monoisotopic (exact) mass is 650 g/mol. The maximum absolute atomic E-state index is 13.7. The van der Waals surface area contributed by atoms with Gasteiger partial charge < -0.3 is 18.9 Å². The average Bonchev–Trinajstić information content (AvgIpc) is 3.19. The van der Waals surface area contributed by atoms with Gasteiger partial charge in [0.05, 0.1) is 52.5 Å². The van der Waals surface area contributed by atoms with Crippen molar-refractivity contribution in [2.24, 2.45) is 4.99 Å². The Morgan fingerprint density at radius 2 is 1.76 bits per heavy atom. The summed E-state index contributed by atoms with van der Waals surface area (Å²) in [6, 6.07) is 8.35. The van der Waals surface area contributed by atoms with Crippen LogP contribution in [0.4, 0.5) is 0 Å². The Kier molecular flexibility index (Phi) is 8.56. The number of halogens is 2. The van der Waals surface area contributed by atoms with Gasteiger partial charge in [0.1, 0.15) is 5.75 Å². The van der Waals surface area contributed by atoms with Gasteiger partial charge in [-0.2, -0.15) is 0 Å². The molecule has 1 aromatic heterocycles. The van der Waals surface area contributed by atoms with E-state index in [0.717, 1.165) is 14.5 Å². The zero-order valence-corrected chi connectivity index (χ0v) is 24.5. The molecule has 0 fully saturated rings. The molecule has 0 aliphatic carbocycles. The minimum absolute atomic E-state index is 0.239. The second-order valence-electron chi connectivity index (χ2n) is 7.77. The van der Waals surface area contributed by atoms with Crippen molar-refractivity contribution in [2.45, 2.75) is 19.9 Å². The van der Waals surface area contributed by atoms with E-state index in [4.69, 9.17) is 18.9 Å². The Balaban J connectivity index is 1.90. The topological polar surface area (TPSA) is 88.4 Å². The molecule has 8 nitrogen and oxygen atoms in total. The van der Waals surface area contributed by atoms with Crippen LogP contribution in [0.1, 0.15) is 31.0 Å². The SMILES string of the molecule is CCOc1ccc([C@H]2C(C(=O)OC)=CN=c3s/c(=C\c4cc(Br)c(OC)c(Br)c4)c(=O)n32)cc1OCC. The van der Waals surface area contributed by atoms with Crippen LogP contribution in [0.2, 0.25) is 0 Å². The minimum Gasteiger partial charge on any atom is -0.494 e. The smallest absolute Gasteiger partial charge is 0.337 e. The molecule has 2 heterocycles. The maximum Gasteiger partial charge on any atom is 0.337 e. The highest BCUT2D eigenvalue weighted by atomic mass is 79.9. The molecule has 4 rings (SSSR count). The lowest BCUT2D eigenvalue weighted by Gasteiger charge is -2.23. The summed E-state index contributed by atoms with van der Waals surface area (Å²) in [6.07, 6.45) is 3.24. The second kappa shape index (κ2) is 11.7. The number of hydrogen-bond acceptors (Lipinski definition) is 8. The molecule has 1 aliphatic heterocycles. The molecule has 0 N–H and O–H groups in total. The molecule has 0 saturated carbocycles. The predicted octanol–water partition coefficient (Wildman–Crippen LogP) is 4.35. The zero-order valence-electron chi connectivity index (χ0n) is 20.5. The van der Waals surface area contributed by atoms with E-state index in [9.17, 15) is 9.59 Å². The number of methoxy groups -OCH3 is 2. The first-order valence-electron chi connectivity index (χ1n) is 11.3. The molecule has 0 unspecified atom stereocenters. The van der Waals surface area contributed by atoms with Gasteiger partial charge in [-0.05, 0) is 87.2 Å². The van der Waals surface area contributed by atoms with E-state index in [-0.39, 0.29) is 11.1 Å². The van der Waals surface area contributed by atoms with E-state index in [1.54, 1.807) is 25.3 Å². The molecule has 1 aliphatic rings. The van der Waals surface area contributed by atoms with Gasteiger partial charge in [0.2, 0.25) is 0 Å². The van der Waals surface area contributed by atoms with Gasteiger partial charge in [-0.25, -0.2) is 9.79 Å². The standard InChI is InChI=1S/C26H24Br2N2O6S/c1-5-35-19-8-7-15(12-20(19)36-6-2)22-16(25(32)34-4)13-29-26-30(22)24(31)21(37-26)11-14-9-17(27)23(33-3)18(28)10-14/h7-13,22H,5-6H2,1-4H3/b21-11-/t22-/m0/s1. The highest BCUT2D eigenvalue weighted by Crippen LogP contribution is 2.36. The van der Waals surface area contributed by atoms with Crippen molar-refractivity contribution in [3.63, 3.8) is 0 Å². The Hall–Kier alpha value is -2.89. The molecular formula is C26H24Br2N2O6S. The predicted molar refractivity (Wildman–Crippen MR) is 148 cm³/mol. The third kappa shape index (κ3) is 5.39. The van der Waals surface area contributed by atoms with E-state index < -0.39 is 12.0 Å². The summed E-state index contributed by atoms with van der Waals surface area (Å²) in [5, 5.41) is 0. The fraction of sp³-hybridized carbons (Fsp3) is 0.269. The molecule has 3 aromatic rings. The molecule has 1 atom stereocenters. The maximum atomic E-state index is 13.7. The third-order valence-corrected chi connectivity index (χ3v) is 7.71. The normalized spacial score (nSPS) is 14.9. The Labute approximate surface area is 234 Å². The fourth-order valence-electron chi connectivity index (χ4n) is 4.00. The van der Waals surface area contributed by atoms with Crippen molar-refractivity contribution in [3.05, 3.63) is 81.9 Å². The molecule has 2 aromatic carbocycles. The van der Waals surface area contributed by atoms with Crippen molar-refractivity contribution in [1.29, 1.82) is 0 Å². The minimum atomic E-state index is -0.755. The van der Waals surface area contributed by atoms with Gasteiger partial charge in [0, 0.05) is 6.20 Å². The number of esters is 1. The zero-order chi connectivity index (χ0) is 26.7. The van der Waals surface area contributed by atoms with E-state index in [1.165, 1.54) is 29.2 Å². The number of benzene rings is 2. The van der Waals surface area contributed by atoms with Gasteiger partial charge in [-0.3, -0.25) is 9.36 Å². The number of thiazole rings is 1. The number of aromatic nitrogens is 1. The highest BCUT2D eigenvalue weighted by molar-refractivity contribution is 9.11. The van der Waals surface area contributed by atoms with Gasteiger partial charge in [-0.15, -0.1) is 0 Å². The first-order chi connectivity index (χ1) is 17.8. The molecule has 0 saturated heterocycles. The van der Waals surface area contributed by atoms with Crippen molar-refractivity contribution in [2.75, 3.05) is 27.4 Å². The molecular weight excluding hydrogens is 628 g/mol. The lowest BCUT2D eigenvalue weighted by molar-refractivity contribution is -0.136. The van der Waals surface area contributed by atoms with Crippen molar-refractivity contribution < 1.29 is 23.7 Å². The van der Waals surface area contributed by atoms with Crippen LogP contribution in [-0.2, 0) is 9.53 Å². The summed E-state index contributed by atoms with van der Waals surface area (Å²) < 4.78 is 25.3. The molecule has 0 radical (unpaired) electrons. The van der Waals surface area contributed by atoms with Crippen LogP contribution in [0.25, 0.3) is 6.08 Å². The molecule has 11 heteroatoms. The van der Waals surface area contributed by atoms with Crippen molar-refractivity contribution in [1.82, 2.24) is 4.57 Å². The average molecular weight is 652 g/mol. The summed E-state index contributed by atoms with van der Waals surface area (Å²) in [5.41, 5.74) is 1.41. The van der Waals surface area contributed by atoms with Gasteiger partial charge in [-0.1, -0.05) is 17.4 Å². The number of ether oxygens (including phenoxy) is 4. The van der Waals surface area contributed by atoms with E-state index in [2.05, 4.69) is 36.9 Å². The summed E-state index contributed by atoms with van der Waals surface area (Å²) in [5.74, 6) is 1.19. The molecule has 0 bridgehead atoms. The number of nitrogens with zero attached hydrogens (tertiary/aromatic N) is 2. The van der Waals surface area contributed by atoms with Crippen LogP contribution in [0.15, 0.2) is 60.8 Å². The second-order valence-corrected chi connectivity index (χ2v) is 10.5. The number of fused-ring (bicyclic) bond motifs is 1. The van der Waals surface area contributed by atoms with Crippen LogP contribution >= 0.6 is 43.2 Å². The first kappa shape index (κ1) is 27.2. The van der Waals surface area contributed by atoms with Crippen LogP contribution in [0.3, 0.4) is 0 Å². The first-order valence-corrected chi connectivity index (χ1v) is 13.7. The lowest BCUT2D eigenvalue weighted by atomic mass is 9.97. The summed E-state index contributed by atoms with van der Waals surface area (Å²) in [6.45, 7) is 4.67. The van der Waals surface area contributed by atoms with Gasteiger partial charge >= 0.3 is 5.97 Å². The molecule has 0 spiro atoms. The van der Waals surface area contributed by atoms with Crippen LogP contribution in [0, 0.1) is 0 Å². The Morgan fingerprint density at radius 1 is 1.08 bits per heavy atom. The lowest BCUT2D eigenvalue weighted by Crippen LogP contribution is -2.39. The fourth-order valence-corrected chi connectivity index (χ4v) is 6.51. The summed E-state index contributed by atoms with van der Waals surface area (Å²) in [7, 11) is 2.88. The van der Waals surface area contributed by atoms with E-state index in [1.807, 2.05) is 32.0 Å². The third-order valence-electron chi connectivity index (χ3n) is 5.53. The largest absolute Gasteiger partial charge is 0.494 e. The van der Waals surface area contributed by atoms with Gasteiger partial charge in [0.15, 0.2) is 16.3 Å². The Morgan fingerprint density at radius 3 is 2.38 bits per heavy atom. The summed E-state index contributed by atoms with van der Waals surface area (Å²) in [4.78, 5) is 31.3. The van der Waals surface area contributed by atoms with E-state index in [0.29, 0.717) is 45.4 Å². The highest BCUT2D eigenvalue weighted by Gasteiger charge is 2.31. The number of carbonyl (C=O) groups is 1. The molecule has 37 heavy (non-hydrogen) atoms.